The first-order valence-electron chi connectivity index (χ1n) is 4.66. The van der Waals surface area contributed by atoms with Gasteiger partial charge in [-0.25, -0.2) is 4.79 Å². The molecule has 0 N–H and O–H groups in total. The Kier molecular flexibility index (Phi) is 2.37. The van der Waals surface area contributed by atoms with E-state index in [0.29, 0.717) is 5.56 Å². The first kappa shape index (κ1) is 9.65. The van der Waals surface area contributed by atoms with Crippen molar-refractivity contribution in [1.82, 2.24) is 4.98 Å². The fourth-order valence-corrected chi connectivity index (χ4v) is 1.62. The second-order valence-corrected chi connectivity index (χ2v) is 3.30. The van der Waals surface area contributed by atoms with Crippen LogP contribution in [0, 0.1) is 6.92 Å². The molecule has 15 heavy (non-hydrogen) atoms. The first-order valence-corrected chi connectivity index (χ1v) is 4.66. The first-order chi connectivity index (χ1) is 7.24. The van der Waals surface area contributed by atoms with E-state index in [1.54, 1.807) is 12.3 Å². The summed E-state index contributed by atoms with van der Waals surface area (Å²) in [6, 6.07) is 7.49. The Morgan fingerprint density at radius 1 is 1.33 bits per heavy atom. The van der Waals surface area contributed by atoms with Gasteiger partial charge in [-0.1, -0.05) is 12.1 Å². The molecule has 0 radical (unpaired) electrons. The van der Waals surface area contributed by atoms with Crippen molar-refractivity contribution in [2.45, 2.75) is 6.92 Å². The number of methoxy groups -OCH3 is 1. The molecule has 2 aromatic rings. The number of esters is 1. The monoisotopic (exact) mass is 201 g/mol. The van der Waals surface area contributed by atoms with E-state index in [-0.39, 0.29) is 5.97 Å². The van der Waals surface area contributed by atoms with Gasteiger partial charge in [0.25, 0.3) is 0 Å². The molecule has 1 heterocycles. The lowest BCUT2D eigenvalue weighted by atomic mass is 10.0. The second-order valence-electron chi connectivity index (χ2n) is 3.30. The maximum absolute atomic E-state index is 11.4. The number of pyridine rings is 1. The van der Waals surface area contributed by atoms with E-state index in [9.17, 15) is 4.79 Å². The molecule has 1 aromatic carbocycles. The Morgan fingerprint density at radius 2 is 2.13 bits per heavy atom. The van der Waals surface area contributed by atoms with Gasteiger partial charge in [-0.2, -0.15) is 0 Å². The van der Waals surface area contributed by atoms with Crippen LogP contribution in [0.25, 0.3) is 10.9 Å². The van der Waals surface area contributed by atoms with E-state index >= 15 is 0 Å². The van der Waals surface area contributed by atoms with Crippen molar-refractivity contribution >= 4 is 16.9 Å². The minimum Gasteiger partial charge on any atom is -0.465 e. The van der Waals surface area contributed by atoms with Crippen LogP contribution >= 0.6 is 0 Å². The number of aromatic nitrogens is 1. The molecule has 0 aliphatic carbocycles. The summed E-state index contributed by atoms with van der Waals surface area (Å²) < 4.78 is 4.70. The van der Waals surface area contributed by atoms with Gasteiger partial charge < -0.3 is 4.74 Å². The van der Waals surface area contributed by atoms with Gasteiger partial charge in [-0.15, -0.1) is 0 Å². The highest BCUT2D eigenvalue weighted by atomic mass is 16.5. The number of carbonyl (C=O) groups excluding carboxylic acids is 1. The van der Waals surface area contributed by atoms with Crippen LogP contribution in [0.2, 0.25) is 0 Å². The fourth-order valence-electron chi connectivity index (χ4n) is 1.62. The summed E-state index contributed by atoms with van der Waals surface area (Å²) in [5.41, 5.74) is 2.28. The molecular weight excluding hydrogens is 190 g/mol. The zero-order valence-corrected chi connectivity index (χ0v) is 8.65. The van der Waals surface area contributed by atoms with Gasteiger partial charge in [0.1, 0.15) is 0 Å². The van der Waals surface area contributed by atoms with Crippen LogP contribution in [-0.4, -0.2) is 18.1 Å². The Balaban J connectivity index is 2.70. The topological polar surface area (TPSA) is 39.2 Å². The van der Waals surface area contributed by atoms with Gasteiger partial charge in [0.2, 0.25) is 0 Å². The number of benzene rings is 1. The molecule has 0 amide bonds. The SMILES string of the molecule is COC(=O)c1ccc2cccnc2c1C. The Bertz CT molecular complexity index is 520. The van der Waals surface area contributed by atoms with Crippen molar-refractivity contribution in [3.63, 3.8) is 0 Å². The largest absolute Gasteiger partial charge is 0.465 e. The normalized spacial score (nSPS) is 10.3. The van der Waals surface area contributed by atoms with Crippen molar-refractivity contribution in [2.24, 2.45) is 0 Å². The van der Waals surface area contributed by atoms with Crippen LogP contribution in [0.5, 0.6) is 0 Å². The van der Waals surface area contributed by atoms with Gasteiger partial charge in [0, 0.05) is 11.6 Å². The predicted octanol–water partition coefficient (Wildman–Crippen LogP) is 2.33. The number of ether oxygens (including phenoxy) is 1. The summed E-state index contributed by atoms with van der Waals surface area (Å²) in [6.07, 6.45) is 1.72. The van der Waals surface area contributed by atoms with Gasteiger partial charge >= 0.3 is 5.97 Å². The highest BCUT2D eigenvalue weighted by Gasteiger charge is 2.11. The number of nitrogens with zero attached hydrogens (tertiary/aromatic N) is 1. The summed E-state index contributed by atoms with van der Waals surface area (Å²) in [6.45, 7) is 1.88. The van der Waals surface area contributed by atoms with Crippen LogP contribution in [0.15, 0.2) is 30.5 Å². The van der Waals surface area contributed by atoms with Gasteiger partial charge in [-0.3, -0.25) is 4.98 Å². The van der Waals surface area contributed by atoms with Crippen LogP contribution < -0.4 is 0 Å². The highest BCUT2D eigenvalue weighted by Crippen LogP contribution is 2.19. The van der Waals surface area contributed by atoms with Gasteiger partial charge in [0.05, 0.1) is 18.2 Å². The molecule has 3 nitrogen and oxygen atoms in total. The van der Waals surface area contributed by atoms with E-state index in [1.807, 2.05) is 25.1 Å². The van der Waals surface area contributed by atoms with Crippen molar-refractivity contribution in [2.75, 3.05) is 7.11 Å². The third-order valence-corrected chi connectivity index (χ3v) is 2.43. The van der Waals surface area contributed by atoms with Crippen LogP contribution in [0.4, 0.5) is 0 Å². The van der Waals surface area contributed by atoms with Crippen LogP contribution in [-0.2, 0) is 4.74 Å². The lowest BCUT2D eigenvalue weighted by Gasteiger charge is -2.06. The summed E-state index contributed by atoms with van der Waals surface area (Å²) in [5, 5.41) is 1.03. The quantitative estimate of drug-likeness (QED) is 0.665. The maximum atomic E-state index is 11.4. The molecule has 76 valence electrons. The third-order valence-electron chi connectivity index (χ3n) is 2.43. The highest BCUT2D eigenvalue weighted by molar-refractivity contribution is 5.97. The molecule has 0 saturated carbocycles. The van der Waals surface area contributed by atoms with E-state index in [4.69, 9.17) is 4.74 Å². The number of rotatable bonds is 1. The van der Waals surface area contributed by atoms with E-state index in [0.717, 1.165) is 16.5 Å². The van der Waals surface area contributed by atoms with E-state index in [2.05, 4.69) is 4.98 Å². The molecule has 0 atom stereocenters. The smallest absolute Gasteiger partial charge is 0.338 e. The molecule has 0 aliphatic rings. The lowest BCUT2D eigenvalue weighted by molar-refractivity contribution is 0.0600. The summed E-state index contributed by atoms with van der Waals surface area (Å²) in [7, 11) is 1.38. The zero-order valence-electron chi connectivity index (χ0n) is 8.65. The molecule has 0 aliphatic heterocycles. The molecule has 0 spiro atoms. The molecule has 2 rings (SSSR count). The van der Waals surface area contributed by atoms with Crippen LogP contribution in [0.3, 0.4) is 0 Å². The zero-order chi connectivity index (χ0) is 10.8. The number of hydrogen-bond acceptors (Lipinski definition) is 3. The van der Waals surface area contributed by atoms with Crippen molar-refractivity contribution in [3.8, 4) is 0 Å². The van der Waals surface area contributed by atoms with Crippen molar-refractivity contribution < 1.29 is 9.53 Å². The third kappa shape index (κ3) is 1.56. The molecule has 1 aromatic heterocycles. The Labute approximate surface area is 87.7 Å². The summed E-state index contributed by atoms with van der Waals surface area (Å²) in [5.74, 6) is -0.319. The molecule has 3 heteroatoms. The molecule has 0 bridgehead atoms. The molecular formula is C12H11NO2. The molecule has 0 unspecified atom stereocenters. The van der Waals surface area contributed by atoms with Gasteiger partial charge in [-0.05, 0) is 24.6 Å². The van der Waals surface area contributed by atoms with Crippen LogP contribution in [0.1, 0.15) is 15.9 Å². The summed E-state index contributed by atoms with van der Waals surface area (Å²) in [4.78, 5) is 15.7. The Hall–Kier alpha value is -1.90. The Morgan fingerprint density at radius 3 is 2.87 bits per heavy atom. The standard InChI is InChI=1S/C12H11NO2/c1-8-10(12(14)15-2)6-5-9-4-3-7-13-11(8)9/h3-7H,1-2H3. The number of fused-ring (bicyclic) bond motifs is 1. The second kappa shape index (κ2) is 3.69. The van der Waals surface area contributed by atoms with Crippen molar-refractivity contribution in [3.05, 3.63) is 41.6 Å². The average molecular weight is 201 g/mol. The van der Waals surface area contributed by atoms with E-state index in [1.165, 1.54) is 7.11 Å². The van der Waals surface area contributed by atoms with Gasteiger partial charge in [0.15, 0.2) is 0 Å². The predicted molar refractivity (Wildman–Crippen MR) is 57.8 cm³/mol. The lowest BCUT2D eigenvalue weighted by Crippen LogP contribution is -2.04. The number of carbonyl (C=O) groups is 1. The maximum Gasteiger partial charge on any atom is 0.338 e. The van der Waals surface area contributed by atoms with E-state index < -0.39 is 0 Å². The summed E-state index contributed by atoms with van der Waals surface area (Å²) >= 11 is 0. The molecule has 0 fully saturated rings. The van der Waals surface area contributed by atoms with Crippen molar-refractivity contribution in [1.29, 1.82) is 0 Å². The average Bonchev–Trinajstić information content (AvgIpc) is 2.29. The molecule has 0 saturated heterocycles. The fraction of sp³-hybridized carbons (Fsp3) is 0.167. The number of aryl methyl sites for hydroxylation is 1. The number of hydrogen-bond donors (Lipinski definition) is 0. The minimum absolute atomic E-state index is 0.319. The minimum atomic E-state index is -0.319.